The van der Waals surface area contributed by atoms with Crippen molar-refractivity contribution in [1.29, 1.82) is 0 Å². The van der Waals surface area contributed by atoms with Crippen molar-refractivity contribution >= 4 is 46.2 Å². The summed E-state index contributed by atoms with van der Waals surface area (Å²) in [5.74, 6) is 0.197. The Morgan fingerprint density at radius 2 is 1.82 bits per heavy atom. The largest absolute Gasteiger partial charge is 0.484 e. The summed E-state index contributed by atoms with van der Waals surface area (Å²) in [5, 5.41) is 3.47. The van der Waals surface area contributed by atoms with E-state index >= 15 is 0 Å². The van der Waals surface area contributed by atoms with Crippen LogP contribution in [-0.4, -0.2) is 35.5 Å². The highest BCUT2D eigenvalue weighted by Gasteiger charge is 2.30. The van der Waals surface area contributed by atoms with Gasteiger partial charge in [-0.15, -0.1) is 0 Å². The molecule has 1 heterocycles. The average molecular weight is 472 g/mol. The van der Waals surface area contributed by atoms with Crippen LogP contribution in [0.2, 0.25) is 0 Å². The van der Waals surface area contributed by atoms with Gasteiger partial charge in [-0.2, -0.15) is 0 Å². The van der Waals surface area contributed by atoms with Crippen LogP contribution in [-0.2, 0) is 9.59 Å². The van der Waals surface area contributed by atoms with Gasteiger partial charge in [-0.25, -0.2) is 4.99 Å². The van der Waals surface area contributed by atoms with Gasteiger partial charge in [0, 0.05) is 12.7 Å². The monoisotopic (exact) mass is 471 g/mol. The Labute approximate surface area is 203 Å². The summed E-state index contributed by atoms with van der Waals surface area (Å²) >= 11 is 1.33. The minimum Gasteiger partial charge on any atom is -0.484 e. The SMILES string of the molecule is Cc1ccc(NC(=O)COc2cccc(/C=C3\SC(=Nc4ccccc4)N(C)C3=O)c2)cc1C. The van der Waals surface area contributed by atoms with Gasteiger partial charge in [-0.05, 0) is 84.8 Å². The number of para-hydroxylation sites is 1. The molecule has 0 unspecified atom stereocenters. The number of aliphatic imine (C=N–C) groups is 1. The van der Waals surface area contributed by atoms with E-state index in [1.807, 2.05) is 74.5 Å². The van der Waals surface area contributed by atoms with Gasteiger partial charge in [0.15, 0.2) is 11.8 Å². The molecule has 0 saturated carbocycles. The fraction of sp³-hybridized carbons (Fsp3) is 0.148. The van der Waals surface area contributed by atoms with Crippen LogP contribution in [0.3, 0.4) is 0 Å². The fourth-order valence-corrected chi connectivity index (χ4v) is 4.26. The highest BCUT2D eigenvalue weighted by molar-refractivity contribution is 8.18. The third kappa shape index (κ3) is 5.74. The smallest absolute Gasteiger partial charge is 0.266 e. The molecule has 0 spiro atoms. The third-order valence-electron chi connectivity index (χ3n) is 5.30. The summed E-state index contributed by atoms with van der Waals surface area (Å²) in [6, 6.07) is 22.6. The molecule has 3 aromatic rings. The molecule has 1 N–H and O–H groups in total. The van der Waals surface area contributed by atoms with Crippen LogP contribution >= 0.6 is 11.8 Å². The maximum absolute atomic E-state index is 12.7. The van der Waals surface area contributed by atoms with Gasteiger partial charge in [-0.3, -0.25) is 14.5 Å². The van der Waals surface area contributed by atoms with E-state index in [0.717, 1.165) is 22.5 Å². The minimum absolute atomic E-state index is 0.112. The zero-order valence-electron chi connectivity index (χ0n) is 19.2. The Bertz CT molecular complexity index is 1290. The van der Waals surface area contributed by atoms with Gasteiger partial charge in [0.1, 0.15) is 5.75 Å². The van der Waals surface area contributed by atoms with Crippen LogP contribution in [0.4, 0.5) is 11.4 Å². The van der Waals surface area contributed by atoms with Crippen LogP contribution in [0.15, 0.2) is 82.7 Å². The highest BCUT2D eigenvalue weighted by atomic mass is 32.2. The number of thioether (sulfide) groups is 1. The van der Waals surface area contributed by atoms with Crippen LogP contribution in [0.5, 0.6) is 5.75 Å². The number of hydrogen-bond donors (Lipinski definition) is 1. The van der Waals surface area contributed by atoms with Crippen molar-refractivity contribution in [3.05, 3.63) is 94.4 Å². The Hall–Kier alpha value is -3.84. The Balaban J connectivity index is 1.41. The average Bonchev–Trinajstić information content (AvgIpc) is 3.09. The number of carbonyl (C=O) groups is 2. The van der Waals surface area contributed by atoms with Gasteiger partial charge >= 0.3 is 0 Å². The van der Waals surface area contributed by atoms with Gasteiger partial charge in [0.25, 0.3) is 11.8 Å². The summed E-state index contributed by atoms with van der Waals surface area (Å²) in [7, 11) is 1.71. The molecule has 172 valence electrons. The van der Waals surface area contributed by atoms with Crippen LogP contribution in [0.25, 0.3) is 6.08 Å². The number of nitrogens with zero attached hydrogens (tertiary/aromatic N) is 2. The molecule has 1 aliphatic rings. The molecular formula is C27H25N3O3S. The molecule has 0 aromatic heterocycles. The third-order valence-corrected chi connectivity index (χ3v) is 6.36. The zero-order chi connectivity index (χ0) is 24.1. The van der Waals surface area contributed by atoms with Crippen LogP contribution in [0.1, 0.15) is 16.7 Å². The second-order valence-electron chi connectivity index (χ2n) is 7.91. The number of hydrogen-bond acceptors (Lipinski definition) is 5. The number of amidine groups is 1. The fourth-order valence-electron chi connectivity index (χ4n) is 3.28. The maximum Gasteiger partial charge on any atom is 0.266 e. The molecule has 4 rings (SSSR count). The summed E-state index contributed by atoms with van der Waals surface area (Å²) in [6.45, 7) is 3.92. The Morgan fingerprint density at radius 1 is 1.03 bits per heavy atom. The van der Waals surface area contributed by atoms with Crippen molar-refractivity contribution in [3.8, 4) is 5.75 Å². The predicted molar refractivity (Wildman–Crippen MR) is 138 cm³/mol. The predicted octanol–water partition coefficient (Wildman–Crippen LogP) is 5.55. The highest BCUT2D eigenvalue weighted by Crippen LogP contribution is 2.33. The lowest BCUT2D eigenvalue weighted by atomic mass is 10.1. The Morgan fingerprint density at radius 3 is 2.59 bits per heavy atom. The first kappa shape index (κ1) is 23.3. The van der Waals surface area contributed by atoms with Gasteiger partial charge in [0.05, 0.1) is 10.6 Å². The summed E-state index contributed by atoms with van der Waals surface area (Å²) in [6.07, 6.45) is 1.80. The molecule has 2 amide bonds. The summed E-state index contributed by atoms with van der Waals surface area (Å²) in [4.78, 5) is 31.7. The summed E-state index contributed by atoms with van der Waals surface area (Å²) < 4.78 is 5.68. The van der Waals surface area contributed by atoms with Crippen molar-refractivity contribution in [2.45, 2.75) is 13.8 Å². The van der Waals surface area contributed by atoms with E-state index < -0.39 is 0 Å². The lowest BCUT2D eigenvalue weighted by Crippen LogP contribution is -2.23. The molecule has 6 nitrogen and oxygen atoms in total. The number of amides is 2. The zero-order valence-corrected chi connectivity index (χ0v) is 20.1. The minimum atomic E-state index is -0.239. The number of benzene rings is 3. The number of likely N-dealkylation sites (N-methyl/N-ethyl adjacent to an activating group) is 1. The van der Waals surface area contributed by atoms with Crippen molar-refractivity contribution in [2.75, 3.05) is 19.0 Å². The molecule has 0 bridgehead atoms. The van der Waals surface area contributed by atoms with E-state index in [9.17, 15) is 9.59 Å². The van der Waals surface area contributed by atoms with E-state index in [0.29, 0.717) is 15.8 Å². The Kier molecular flexibility index (Phi) is 7.13. The van der Waals surface area contributed by atoms with Gasteiger partial charge in [-0.1, -0.05) is 36.4 Å². The molecule has 0 atom stereocenters. The lowest BCUT2D eigenvalue weighted by molar-refractivity contribution is -0.121. The van der Waals surface area contributed by atoms with Crippen molar-refractivity contribution in [3.63, 3.8) is 0 Å². The second-order valence-corrected chi connectivity index (χ2v) is 8.92. The van der Waals surface area contributed by atoms with Crippen LogP contribution < -0.4 is 10.1 Å². The van der Waals surface area contributed by atoms with E-state index in [2.05, 4.69) is 10.3 Å². The lowest BCUT2D eigenvalue weighted by Gasteiger charge is -2.09. The number of anilines is 1. The first-order chi connectivity index (χ1) is 16.4. The van der Waals surface area contributed by atoms with Crippen molar-refractivity contribution in [2.24, 2.45) is 4.99 Å². The molecule has 3 aromatic carbocycles. The molecule has 7 heteroatoms. The second kappa shape index (κ2) is 10.4. The first-order valence-corrected chi connectivity index (χ1v) is 11.6. The molecule has 1 fully saturated rings. The normalized spacial score (nSPS) is 15.7. The van der Waals surface area contributed by atoms with Crippen LogP contribution in [0, 0.1) is 13.8 Å². The number of rotatable bonds is 6. The van der Waals surface area contributed by atoms with Gasteiger partial charge in [0.2, 0.25) is 0 Å². The number of aryl methyl sites for hydroxylation is 2. The molecule has 1 aliphatic heterocycles. The maximum atomic E-state index is 12.7. The van der Waals surface area contributed by atoms with E-state index in [-0.39, 0.29) is 18.4 Å². The van der Waals surface area contributed by atoms with E-state index in [1.54, 1.807) is 30.2 Å². The van der Waals surface area contributed by atoms with Crippen molar-refractivity contribution < 1.29 is 14.3 Å². The first-order valence-electron chi connectivity index (χ1n) is 10.8. The number of ether oxygens (including phenoxy) is 1. The molecular weight excluding hydrogens is 446 g/mol. The molecule has 1 saturated heterocycles. The molecule has 0 aliphatic carbocycles. The standard InChI is InChI=1S/C27H25N3O3S/c1-18-12-13-22(14-19(18)2)28-25(31)17-33-23-11-7-8-20(15-23)16-24-26(32)30(3)27(34-24)29-21-9-5-4-6-10-21/h4-16H,17H2,1-3H3,(H,28,31)/b24-16-,29-27?. The van der Waals surface area contributed by atoms with Gasteiger partial charge < -0.3 is 10.1 Å². The summed E-state index contributed by atoms with van der Waals surface area (Å²) in [5.41, 5.74) is 4.62. The molecule has 34 heavy (non-hydrogen) atoms. The topological polar surface area (TPSA) is 71.0 Å². The van der Waals surface area contributed by atoms with Crippen molar-refractivity contribution in [1.82, 2.24) is 4.90 Å². The molecule has 0 radical (unpaired) electrons. The van der Waals surface area contributed by atoms with E-state index in [4.69, 9.17) is 4.74 Å². The quantitative estimate of drug-likeness (QED) is 0.478. The van der Waals surface area contributed by atoms with E-state index in [1.165, 1.54) is 17.3 Å². The number of nitrogens with one attached hydrogen (secondary N) is 1. The number of carbonyl (C=O) groups excluding carboxylic acids is 2.